The third-order valence-electron chi connectivity index (χ3n) is 3.83. The maximum atomic E-state index is 12.6. The largest absolute Gasteiger partial charge is 0.397 e. The monoisotopic (exact) mass is 290 g/mol. The summed E-state index contributed by atoms with van der Waals surface area (Å²) in [4.78, 5) is 14.9. The van der Waals surface area contributed by atoms with Gasteiger partial charge < -0.3 is 15.7 Å². The molecule has 0 aliphatic carbocycles. The van der Waals surface area contributed by atoms with Gasteiger partial charge in [-0.1, -0.05) is 18.2 Å². The molecule has 106 valence electrons. The minimum Gasteiger partial charge on any atom is -0.397 e. The first kappa shape index (κ1) is 13.4. The highest BCUT2D eigenvalue weighted by Crippen LogP contribution is 2.36. The van der Waals surface area contributed by atoms with Gasteiger partial charge in [-0.05, 0) is 25.3 Å². The molecule has 1 aliphatic heterocycles. The third kappa shape index (κ3) is 2.17. The molecule has 0 spiro atoms. The molecule has 1 amide bonds. The van der Waals surface area contributed by atoms with Crippen molar-refractivity contribution in [2.75, 3.05) is 18.8 Å². The van der Waals surface area contributed by atoms with Crippen LogP contribution in [0.4, 0.5) is 5.69 Å². The SMILES string of the molecule is Cc1cccc2c(N)c(C(=O)N3CCCC(O)C3)sc12. The van der Waals surface area contributed by atoms with E-state index < -0.39 is 6.10 Å². The molecule has 4 nitrogen and oxygen atoms in total. The first-order valence-electron chi connectivity index (χ1n) is 6.83. The number of aliphatic hydroxyl groups excluding tert-OH is 1. The molecule has 1 unspecified atom stereocenters. The summed E-state index contributed by atoms with van der Waals surface area (Å²) < 4.78 is 1.07. The van der Waals surface area contributed by atoms with Crippen molar-refractivity contribution >= 4 is 33.0 Å². The molecular formula is C15H18N2O2S. The molecule has 1 aliphatic rings. The van der Waals surface area contributed by atoms with Crippen LogP contribution in [0.1, 0.15) is 28.1 Å². The van der Waals surface area contributed by atoms with Crippen LogP contribution in [0.25, 0.3) is 10.1 Å². The summed E-state index contributed by atoms with van der Waals surface area (Å²) >= 11 is 1.46. The van der Waals surface area contributed by atoms with E-state index in [4.69, 9.17) is 5.73 Å². The number of nitrogens with two attached hydrogens (primary N) is 1. The molecule has 2 aromatic rings. The number of nitrogen functional groups attached to an aromatic ring is 1. The fraction of sp³-hybridized carbons (Fsp3) is 0.400. The fourth-order valence-corrected chi connectivity index (χ4v) is 3.88. The van der Waals surface area contributed by atoms with E-state index in [1.807, 2.05) is 25.1 Å². The lowest BCUT2D eigenvalue weighted by molar-refractivity contribution is 0.0478. The Balaban J connectivity index is 1.99. The molecular weight excluding hydrogens is 272 g/mol. The molecule has 3 N–H and O–H groups in total. The Morgan fingerprint density at radius 3 is 3.00 bits per heavy atom. The second kappa shape index (κ2) is 5.07. The number of hydrogen-bond acceptors (Lipinski definition) is 4. The van der Waals surface area contributed by atoms with Gasteiger partial charge in [-0.25, -0.2) is 0 Å². The Kier molecular flexibility index (Phi) is 3.40. The smallest absolute Gasteiger partial charge is 0.266 e. The number of thiophene rings is 1. The fourth-order valence-electron chi connectivity index (χ4n) is 2.72. The zero-order valence-corrected chi connectivity index (χ0v) is 12.2. The van der Waals surface area contributed by atoms with Gasteiger partial charge in [0.15, 0.2) is 0 Å². The van der Waals surface area contributed by atoms with Crippen LogP contribution < -0.4 is 5.73 Å². The van der Waals surface area contributed by atoms with E-state index in [0.717, 1.165) is 28.5 Å². The van der Waals surface area contributed by atoms with Crippen LogP contribution in [0, 0.1) is 6.92 Å². The van der Waals surface area contributed by atoms with Gasteiger partial charge in [0.2, 0.25) is 0 Å². The molecule has 0 saturated carbocycles. The quantitative estimate of drug-likeness (QED) is 0.847. The van der Waals surface area contributed by atoms with E-state index in [9.17, 15) is 9.90 Å². The summed E-state index contributed by atoms with van der Waals surface area (Å²) in [5, 5.41) is 10.7. The number of carbonyl (C=O) groups excluding carboxylic acids is 1. The number of anilines is 1. The Bertz CT molecular complexity index is 665. The maximum Gasteiger partial charge on any atom is 0.266 e. The molecule has 3 rings (SSSR count). The number of nitrogens with zero attached hydrogens (tertiary/aromatic N) is 1. The lowest BCUT2D eigenvalue weighted by Gasteiger charge is -2.29. The predicted octanol–water partition coefficient (Wildman–Crippen LogP) is 2.39. The highest BCUT2D eigenvalue weighted by atomic mass is 32.1. The lowest BCUT2D eigenvalue weighted by atomic mass is 10.1. The van der Waals surface area contributed by atoms with E-state index in [-0.39, 0.29) is 5.91 Å². The van der Waals surface area contributed by atoms with Gasteiger partial charge >= 0.3 is 0 Å². The van der Waals surface area contributed by atoms with Crippen molar-refractivity contribution in [2.45, 2.75) is 25.9 Å². The molecule has 1 saturated heterocycles. The highest BCUT2D eigenvalue weighted by Gasteiger charge is 2.26. The van der Waals surface area contributed by atoms with Crippen molar-refractivity contribution < 1.29 is 9.90 Å². The molecule has 1 aromatic carbocycles. The summed E-state index contributed by atoms with van der Waals surface area (Å²) in [6, 6.07) is 5.94. The minimum absolute atomic E-state index is 0.0538. The minimum atomic E-state index is -0.412. The second-order valence-electron chi connectivity index (χ2n) is 5.34. The zero-order valence-electron chi connectivity index (χ0n) is 11.4. The number of carbonyl (C=O) groups is 1. The molecule has 1 atom stereocenters. The summed E-state index contributed by atoms with van der Waals surface area (Å²) in [6.07, 6.45) is 1.20. The Morgan fingerprint density at radius 2 is 2.30 bits per heavy atom. The first-order chi connectivity index (χ1) is 9.58. The van der Waals surface area contributed by atoms with Crippen molar-refractivity contribution in [3.63, 3.8) is 0 Å². The Hall–Kier alpha value is -1.59. The number of fused-ring (bicyclic) bond motifs is 1. The number of hydrogen-bond donors (Lipinski definition) is 2. The van der Waals surface area contributed by atoms with Crippen molar-refractivity contribution in [1.29, 1.82) is 0 Å². The summed E-state index contributed by atoms with van der Waals surface area (Å²) in [5.74, 6) is -0.0538. The van der Waals surface area contributed by atoms with Crippen molar-refractivity contribution in [3.05, 3.63) is 28.6 Å². The van der Waals surface area contributed by atoms with Crippen molar-refractivity contribution in [2.24, 2.45) is 0 Å². The van der Waals surface area contributed by atoms with Gasteiger partial charge in [0.1, 0.15) is 4.88 Å². The third-order valence-corrected chi connectivity index (χ3v) is 5.17. The molecule has 5 heteroatoms. The average Bonchev–Trinajstić information content (AvgIpc) is 2.77. The van der Waals surface area contributed by atoms with Crippen LogP contribution in [0.5, 0.6) is 0 Å². The van der Waals surface area contributed by atoms with Gasteiger partial charge in [-0.3, -0.25) is 4.79 Å². The van der Waals surface area contributed by atoms with Crippen LogP contribution in [0.3, 0.4) is 0 Å². The number of aryl methyl sites for hydroxylation is 1. The molecule has 1 fully saturated rings. The molecule has 2 heterocycles. The standard InChI is InChI=1S/C15H18N2O2S/c1-9-4-2-6-11-12(16)14(20-13(9)11)15(19)17-7-3-5-10(18)8-17/h2,4,6,10,18H,3,5,7-8,16H2,1H3. The average molecular weight is 290 g/mol. The summed E-state index contributed by atoms with van der Waals surface area (Å²) in [5.41, 5.74) is 7.85. The molecule has 0 bridgehead atoms. The highest BCUT2D eigenvalue weighted by molar-refractivity contribution is 7.21. The van der Waals surface area contributed by atoms with Gasteiger partial charge in [0.05, 0.1) is 11.8 Å². The molecule has 1 aromatic heterocycles. The Labute approximate surface area is 121 Å². The number of aliphatic hydroxyl groups is 1. The number of benzene rings is 1. The number of piperidine rings is 1. The number of β-amino-alcohol motifs (C(OH)–C–C–N with tert-alkyl or cyclic N) is 1. The van der Waals surface area contributed by atoms with Crippen LogP contribution in [-0.2, 0) is 0 Å². The normalized spacial score (nSPS) is 19.5. The van der Waals surface area contributed by atoms with E-state index in [1.54, 1.807) is 4.90 Å². The van der Waals surface area contributed by atoms with Gasteiger partial charge in [0.25, 0.3) is 5.91 Å². The first-order valence-corrected chi connectivity index (χ1v) is 7.64. The van der Waals surface area contributed by atoms with Gasteiger partial charge in [-0.2, -0.15) is 0 Å². The number of likely N-dealkylation sites (tertiary alicyclic amines) is 1. The van der Waals surface area contributed by atoms with E-state index in [0.29, 0.717) is 23.7 Å². The van der Waals surface area contributed by atoms with Crippen LogP contribution in [0.15, 0.2) is 18.2 Å². The van der Waals surface area contributed by atoms with Crippen LogP contribution >= 0.6 is 11.3 Å². The number of rotatable bonds is 1. The van der Waals surface area contributed by atoms with Gasteiger partial charge in [0, 0.05) is 23.2 Å². The molecule has 0 radical (unpaired) electrons. The van der Waals surface area contributed by atoms with Crippen LogP contribution in [-0.4, -0.2) is 35.1 Å². The summed E-state index contributed by atoms with van der Waals surface area (Å²) in [6.45, 7) is 3.13. The van der Waals surface area contributed by atoms with E-state index in [1.165, 1.54) is 11.3 Å². The van der Waals surface area contributed by atoms with E-state index in [2.05, 4.69) is 0 Å². The van der Waals surface area contributed by atoms with Crippen molar-refractivity contribution in [3.8, 4) is 0 Å². The van der Waals surface area contributed by atoms with E-state index >= 15 is 0 Å². The van der Waals surface area contributed by atoms with Gasteiger partial charge in [-0.15, -0.1) is 11.3 Å². The topological polar surface area (TPSA) is 66.6 Å². The second-order valence-corrected chi connectivity index (χ2v) is 6.36. The lowest BCUT2D eigenvalue weighted by Crippen LogP contribution is -2.42. The van der Waals surface area contributed by atoms with Crippen molar-refractivity contribution in [1.82, 2.24) is 4.90 Å². The summed E-state index contributed by atoms with van der Waals surface area (Å²) in [7, 11) is 0. The zero-order chi connectivity index (χ0) is 14.3. The Morgan fingerprint density at radius 1 is 1.50 bits per heavy atom. The predicted molar refractivity (Wildman–Crippen MR) is 82.1 cm³/mol. The van der Waals surface area contributed by atoms with Crippen LogP contribution in [0.2, 0.25) is 0 Å². The maximum absolute atomic E-state index is 12.6. The molecule has 20 heavy (non-hydrogen) atoms. The number of amides is 1.